The van der Waals surface area contributed by atoms with Crippen molar-refractivity contribution < 1.29 is 17.2 Å². The van der Waals surface area contributed by atoms with Crippen LogP contribution in [0.1, 0.15) is 4.88 Å². The van der Waals surface area contributed by atoms with Gasteiger partial charge in [0.25, 0.3) is 10.0 Å². The third-order valence-electron chi connectivity index (χ3n) is 2.23. The normalized spacial score (nSPS) is 11.6. The molecule has 19 heavy (non-hydrogen) atoms. The van der Waals surface area contributed by atoms with Crippen molar-refractivity contribution in [2.75, 3.05) is 4.72 Å². The van der Waals surface area contributed by atoms with Gasteiger partial charge in [-0.15, -0.1) is 11.3 Å². The van der Waals surface area contributed by atoms with Gasteiger partial charge in [0, 0.05) is 10.9 Å². The second kappa shape index (κ2) is 5.18. The Hall–Kier alpha value is -0.990. The molecule has 0 aliphatic rings. The molecule has 0 unspecified atom stereocenters. The number of hydrogen-bond donors (Lipinski definition) is 1. The smallest absolute Gasteiger partial charge is 0.271 e. The van der Waals surface area contributed by atoms with Gasteiger partial charge in [-0.1, -0.05) is 0 Å². The fourth-order valence-electron chi connectivity index (χ4n) is 1.35. The van der Waals surface area contributed by atoms with Crippen molar-refractivity contribution in [3.63, 3.8) is 0 Å². The van der Waals surface area contributed by atoms with Crippen LogP contribution in [-0.2, 0) is 10.0 Å². The van der Waals surface area contributed by atoms with Crippen LogP contribution in [0, 0.1) is 18.6 Å². The fourth-order valence-corrected chi connectivity index (χ4v) is 4.01. The molecule has 3 nitrogen and oxygen atoms in total. The van der Waals surface area contributed by atoms with Crippen molar-refractivity contribution in [1.29, 1.82) is 0 Å². The first-order valence-electron chi connectivity index (χ1n) is 5.03. The van der Waals surface area contributed by atoms with Crippen LogP contribution in [0.5, 0.6) is 0 Å². The van der Waals surface area contributed by atoms with E-state index in [2.05, 4.69) is 15.9 Å². The van der Waals surface area contributed by atoms with Gasteiger partial charge in [0.1, 0.15) is 15.8 Å². The van der Waals surface area contributed by atoms with Crippen LogP contribution in [0.15, 0.2) is 32.9 Å². The second-order valence-electron chi connectivity index (χ2n) is 3.72. The van der Waals surface area contributed by atoms with E-state index in [0.717, 1.165) is 28.3 Å². The summed E-state index contributed by atoms with van der Waals surface area (Å²) < 4.78 is 52.8. The topological polar surface area (TPSA) is 46.2 Å². The molecule has 0 fully saturated rings. The molecule has 1 N–H and O–H groups in total. The van der Waals surface area contributed by atoms with Gasteiger partial charge in [0.05, 0.1) is 10.2 Å². The van der Waals surface area contributed by atoms with Crippen molar-refractivity contribution in [3.8, 4) is 0 Å². The van der Waals surface area contributed by atoms with Crippen molar-refractivity contribution in [1.82, 2.24) is 0 Å². The highest BCUT2D eigenvalue weighted by Gasteiger charge is 2.19. The van der Waals surface area contributed by atoms with Crippen LogP contribution in [0.3, 0.4) is 0 Å². The molecule has 0 saturated heterocycles. The molecule has 0 bridgehead atoms. The molecule has 0 aliphatic carbocycles. The summed E-state index contributed by atoms with van der Waals surface area (Å²) in [6.07, 6.45) is 0. The number of anilines is 1. The van der Waals surface area contributed by atoms with Crippen molar-refractivity contribution in [2.24, 2.45) is 0 Å². The van der Waals surface area contributed by atoms with Gasteiger partial charge in [0.2, 0.25) is 0 Å². The molecular weight excluding hydrogens is 360 g/mol. The van der Waals surface area contributed by atoms with Crippen LogP contribution < -0.4 is 4.72 Å². The molecule has 0 amide bonds. The predicted octanol–water partition coefficient (Wildman–Crippen LogP) is 3.90. The van der Waals surface area contributed by atoms with Crippen molar-refractivity contribution in [3.05, 3.63) is 45.2 Å². The van der Waals surface area contributed by atoms with E-state index >= 15 is 0 Å². The lowest BCUT2D eigenvalue weighted by molar-refractivity contribution is 0.592. The first-order chi connectivity index (χ1) is 8.79. The van der Waals surface area contributed by atoms with E-state index in [1.54, 1.807) is 13.0 Å². The van der Waals surface area contributed by atoms with Crippen LogP contribution in [0.4, 0.5) is 14.5 Å². The first-order valence-corrected chi connectivity index (χ1v) is 8.12. The molecule has 1 heterocycles. The Morgan fingerprint density at radius 2 is 1.89 bits per heavy atom. The molecule has 102 valence electrons. The Morgan fingerprint density at radius 1 is 1.21 bits per heavy atom. The molecule has 0 spiro atoms. The molecule has 8 heteroatoms. The summed E-state index contributed by atoms with van der Waals surface area (Å²) in [7, 11) is -3.90. The van der Waals surface area contributed by atoms with Crippen LogP contribution in [0.2, 0.25) is 0 Å². The lowest BCUT2D eigenvalue weighted by atomic mass is 10.3. The highest BCUT2D eigenvalue weighted by atomic mass is 79.9. The van der Waals surface area contributed by atoms with Crippen molar-refractivity contribution in [2.45, 2.75) is 11.1 Å². The fraction of sp³-hybridized carbons (Fsp3) is 0.0909. The molecule has 2 aromatic rings. The minimum Gasteiger partial charge on any atom is -0.276 e. The summed E-state index contributed by atoms with van der Waals surface area (Å²) in [5.41, 5.74) is -0.424. The number of aryl methyl sites for hydroxylation is 1. The Bertz CT molecular complexity index is 728. The van der Waals surface area contributed by atoms with E-state index in [9.17, 15) is 17.2 Å². The molecule has 2 rings (SSSR count). The number of thiophene rings is 1. The average molecular weight is 368 g/mol. The van der Waals surface area contributed by atoms with Gasteiger partial charge in [0.15, 0.2) is 0 Å². The molecular formula is C11H8BrF2NO2S2. The number of halogens is 3. The zero-order valence-electron chi connectivity index (χ0n) is 9.58. The Kier molecular flexibility index (Phi) is 3.93. The lowest BCUT2D eigenvalue weighted by Crippen LogP contribution is -2.13. The molecule has 0 saturated carbocycles. The second-order valence-corrected chi connectivity index (χ2v) is 7.77. The minimum absolute atomic E-state index is 0.0488. The zero-order valence-corrected chi connectivity index (χ0v) is 12.8. The van der Waals surface area contributed by atoms with E-state index in [4.69, 9.17) is 0 Å². The summed E-state index contributed by atoms with van der Waals surface area (Å²) in [5.74, 6) is -1.61. The van der Waals surface area contributed by atoms with Gasteiger partial charge in [-0.3, -0.25) is 4.72 Å². The Morgan fingerprint density at radius 3 is 2.47 bits per heavy atom. The van der Waals surface area contributed by atoms with Crippen LogP contribution in [-0.4, -0.2) is 8.42 Å². The van der Waals surface area contributed by atoms with Crippen molar-refractivity contribution >= 4 is 43.0 Å². The van der Waals surface area contributed by atoms with E-state index in [1.165, 1.54) is 6.07 Å². The van der Waals surface area contributed by atoms with Gasteiger partial charge in [-0.05, 0) is 41.1 Å². The molecule has 0 atom stereocenters. The minimum atomic E-state index is -3.90. The number of nitrogens with one attached hydrogen (secondary N) is 1. The molecule has 1 aromatic carbocycles. The quantitative estimate of drug-likeness (QED) is 0.836. The van der Waals surface area contributed by atoms with Crippen LogP contribution in [0.25, 0.3) is 0 Å². The number of hydrogen-bond acceptors (Lipinski definition) is 3. The standard InChI is InChI=1S/C11H8BrF2NO2S2/c1-6-2-3-11(18-6)19(16,17)15-10-5-8(13)7(12)4-9(10)14/h2-5,15H,1H3. The summed E-state index contributed by atoms with van der Waals surface area (Å²) >= 11 is 3.87. The maximum Gasteiger partial charge on any atom is 0.271 e. The molecule has 0 aliphatic heterocycles. The molecule has 1 aromatic heterocycles. The first kappa shape index (κ1) is 14.4. The zero-order chi connectivity index (χ0) is 14.2. The monoisotopic (exact) mass is 367 g/mol. The largest absolute Gasteiger partial charge is 0.276 e. The summed E-state index contributed by atoms with van der Waals surface area (Å²) in [6.45, 7) is 1.75. The number of benzene rings is 1. The predicted molar refractivity (Wildman–Crippen MR) is 73.9 cm³/mol. The van der Waals surface area contributed by atoms with Gasteiger partial charge < -0.3 is 0 Å². The Balaban J connectivity index is 2.38. The van der Waals surface area contributed by atoms with E-state index < -0.39 is 27.3 Å². The van der Waals surface area contributed by atoms with Gasteiger partial charge >= 0.3 is 0 Å². The van der Waals surface area contributed by atoms with Gasteiger partial charge in [-0.25, -0.2) is 17.2 Å². The number of rotatable bonds is 3. The Labute approximate surface area is 121 Å². The summed E-state index contributed by atoms with van der Waals surface area (Å²) in [5, 5.41) is 0. The average Bonchev–Trinajstić information content (AvgIpc) is 2.73. The number of sulfonamides is 1. The van der Waals surface area contributed by atoms with E-state index in [0.29, 0.717) is 0 Å². The SMILES string of the molecule is Cc1ccc(S(=O)(=O)Nc2cc(F)c(Br)cc2F)s1. The van der Waals surface area contributed by atoms with E-state index in [1.807, 2.05) is 4.72 Å². The maximum absolute atomic E-state index is 13.6. The van der Waals surface area contributed by atoms with E-state index in [-0.39, 0.29) is 8.68 Å². The van der Waals surface area contributed by atoms with Gasteiger partial charge in [-0.2, -0.15) is 0 Å². The third kappa shape index (κ3) is 3.13. The lowest BCUT2D eigenvalue weighted by Gasteiger charge is -2.08. The third-order valence-corrected chi connectivity index (χ3v) is 5.70. The summed E-state index contributed by atoms with van der Waals surface area (Å²) in [6, 6.07) is 4.71. The maximum atomic E-state index is 13.6. The highest BCUT2D eigenvalue weighted by Crippen LogP contribution is 2.27. The summed E-state index contributed by atoms with van der Waals surface area (Å²) in [4.78, 5) is 0.808. The highest BCUT2D eigenvalue weighted by molar-refractivity contribution is 9.10. The molecule has 0 radical (unpaired) electrons. The van der Waals surface area contributed by atoms with Crippen LogP contribution >= 0.6 is 27.3 Å².